The molecule has 0 saturated heterocycles. The van der Waals surface area contributed by atoms with E-state index < -0.39 is 0 Å². The van der Waals surface area contributed by atoms with Crippen molar-refractivity contribution in [2.75, 3.05) is 13.0 Å². The highest BCUT2D eigenvalue weighted by Gasteiger charge is 2.10. The van der Waals surface area contributed by atoms with Gasteiger partial charge in [0.25, 0.3) is 0 Å². The van der Waals surface area contributed by atoms with Crippen LogP contribution in [0, 0.1) is 0 Å². The highest BCUT2D eigenvalue weighted by atomic mass is 79.9. The van der Waals surface area contributed by atoms with Gasteiger partial charge in [-0.05, 0) is 29.7 Å². The average Bonchev–Trinajstić information content (AvgIpc) is 2.16. The van der Waals surface area contributed by atoms with Crippen LogP contribution in [0.15, 0.2) is 22.7 Å². The third-order valence-electron chi connectivity index (χ3n) is 1.95. The summed E-state index contributed by atoms with van der Waals surface area (Å²) in [6, 6.07) is 5.96. The standard InChI is InChI=1S/C10H12BrClO/c1-7(6-12)9-5-8(11)3-4-10(9)13-2/h3-5,7H,6H2,1-2H3. The van der Waals surface area contributed by atoms with Crippen LogP contribution in [0.3, 0.4) is 0 Å². The molecule has 0 aromatic heterocycles. The average molecular weight is 264 g/mol. The van der Waals surface area contributed by atoms with Crippen LogP contribution in [0.2, 0.25) is 0 Å². The van der Waals surface area contributed by atoms with Crippen molar-refractivity contribution in [2.45, 2.75) is 12.8 Å². The maximum Gasteiger partial charge on any atom is 0.122 e. The smallest absolute Gasteiger partial charge is 0.122 e. The lowest BCUT2D eigenvalue weighted by Crippen LogP contribution is -1.98. The first-order valence-electron chi connectivity index (χ1n) is 4.08. The van der Waals surface area contributed by atoms with Gasteiger partial charge in [-0.2, -0.15) is 0 Å². The molecule has 0 saturated carbocycles. The molecule has 72 valence electrons. The monoisotopic (exact) mass is 262 g/mol. The predicted molar refractivity (Wildman–Crippen MR) is 59.8 cm³/mol. The van der Waals surface area contributed by atoms with Crippen LogP contribution in [0.4, 0.5) is 0 Å². The van der Waals surface area contributed by atoms with E-state index in [0.29, 0.717) is 11.8 Å². The molecule has 1 unspecified atom stereocenters. The minimum atomic E-state index is 0.314. The third kappa shape index (κ3) is 2.61. The molecular weight excluding hydrogens is 251 g/mol. The minimum Gasteiger partial charge on any atom is -0.496 e. The molecule has 3 heteroatoms. The molecule has 1 nitrogen and oxygen atoms in total. The molecule has 0 radical (unpaired) electrons. The van der Waals surface area contributed by atoms with Gasteiger partial charge in [-0.3, -0.25) is 0 Å². The van der Waals surface area contributed by atoms with Gasteiger partial charge in [-0.25, -0.2) is 0 Å². The van der Waals surface area contributed by atoms with E-state index in [4.69, 9.17) is 16.3 Å². The van der Waals surface area contributed by atoms with E-state index >= 15 is 0 Å². The van der Waals surface area contributed by atoms with Gasteiger partial charge in [0.15, 0.2) is 0 Å². The second-order valence-corrected chi connectivity index (χ2v) is 4.17. The van der Waals surface area contributed by atoms with Gasteiger partial charge in [0.2, 0.25) is 0 Å². The van der Waals surface area contributed by atoms with E-state index in [-0.39, 0.29) is 0 Å². The van der Waals surface area contributed by atoms with E-state index in [0.717, 1.165) is 15.8 Å². The number of halogens is 2. The SMILES string of the molecule is COc1ccc(Br)cc1C(C)CCl. The molecule has 0 N–H and O–H groups in total. The van der Waals surface area contributed by atoms with Crippen LogP contribution in [-0.4, -0.2) is 13.0 Å². The van der Waals surface area contributed by atoms with E-state index in [1.165, 1.54) is 0 Å². The van der Waals surface area contributed by atoms with Crippen molar-refractivity contribution in [3.8, 4) is 5.75 Å². The van der Waals surface area contributed by atoms with Crippen LogP contribution in [-0.2, 0) is 0 Å². The molecular formula is C10H12BrClO. The second-order valence-electron chi connectivity index (χ2n) is 2.94. The lowest BCUT2D eigenvalue weighted by Gasteiger charge is -2.13. The number of methoxy groups -OCH3 is 1. The molecule has 0 bridgehead atoms. The molecule has 1 aromatic rings. The fourth-order valence-electron chi connectivity index (χ4n) is 1.17. The number of benzene rings is 1. The molecule has 1 rings (SSSR count). The Balaban J connectivity index is 3.07. The van der Waals surface area contributed by atoms with E-state index in [1.54, 1.807) is 7.11 Å². The fraction of sp³-hybridized carbons (Fsp3) is 0.400. The first-order valence-corrected chi connectivity index (χ1v) is 5.41. The topological polar surface area (TPSA) is 9.23 Å². The van der Waals surface area contributed by atoms with Crippen LogP contribution in [0.5, 0.6) is 5.75 Å². The highest BCUT2D eigenvalue weighted by Crippen LogP contribution is 2.29. The summed E-state index contributed by atoms with van der Waals surface area (Å²) in [5.74, 6) is 1.82. The largest absolute Gasteiger partial charge is 0.496 e. The van der Waals surface area contributed by atoms with Crippen molar-refractivity contribution in [1.82, 2.24) is 0 Å². The maximum atomic E-state index is 5.80. The zero-order chi connectivity index (χ0) is 9.84. The number of rotatable bonds is 3. The molecule has 13 heavy (non-hydrogen) atoms. The Kier molecular flexibility index (Phi) is 4.07. The van der Waals surface area contributed by atoms with Crippen molar-refractivity contribution < 1.29 is 4.74 Å². The normalized spacial score (nSPS) is 12.6. The van der Waals surface area contributed by atoms with E-state index in [2.05, 4.69) is 22.9 Å². The van der Waals surface area contributed by atoms with Gasteiger partial charge in [0.05, 0.1) is 7.11 Å². The Hall–Kier alpha value is -0.210. The number of ether oxygens (including phenoxy) is 1. The number of hydrogen-bond donors (Lipinski definition) is 0. The highest BCUT2D eigenvalue weighted by molar-refractivity contribution is 9.10. The zero-order valence-electron chi connectivity index (χ0n) is 7.68. The first-order chi connectivity index (χ1) is 6.19. The maximum absolute atomic E-state index is 5.80. The summed E-state index contributed by atoms with van der Waals surface area (Å²) in [7, 11) is 1.67. The van der Waals surface area contributed by atoms with Gasteiger partial charge in [0.1, 0.15) is 5.75 Å². The minimum absolute atomic E-state index is 0.314. The predicted octanol–water partition coefficient (Wildman–Crippen LogP) is 3.80. The molecule has 0 fully saturated rings. The third-order valence-corrected chi connectivity index (χ3v) is 2.91. The Labute approximate surface area is 92.2 Å². The summed E-state index contributed by atoms with van der Waals surface area (Å²) in [5, 5.41) is 0. The first kappa shape index (κ1) is 10.9. The molecule has 0 aliphatic rings. The molecule has 0 aliphatic carbocycles. The van der Waals surface area contributed by atoms with Crippen LogP contribution in [0.25, 0.3) is 0 Å². The van der Waals surface area contributed by atoms with Gasteiger partial charge in [0, 0.05) is 10.4 Å². The fourth-order valence-corrected chi connectivity index (χ4v) is 1.72. The number of alkyl halides is 1. The van der Waals surface area contributed by atoms with Crippen molar-refractivity contribution in [1.29, 1.82) is 0 Å². The quantitative estimate of drug-likeness (QED) is 0.754. The van der Waals surface area contributed by atoms with Crippen molar-refractivity contribution in [3.05, 3.63) is 28.2 Å². The van der Waals surface area contributed by atoms with Crippen LogP contribution in [0.1, 0.15) is 18.4 Å². The van der Waals surface area contributed by atoms with Crippen molar-refractivity contribution in [3.63, 3.8) is 0 Å². The lowest BCUT2D eigenvalue weighted by atomic mass is 10.0. The summed E-state index contributed by atoms with van der Waals surface area (Å²) < 4.78 is 6.30. The Bertz CT molecular complexity index is 288. The van der Waals surface area contributed by atoms with Crippen LogP contribution >= 0.6 is 27.5 Å². The van der Waals surface area contributed by atoms with Gasteiger partial charge in [-0.15, -0.1) is 11.6 Å². The van der Waals surface area contributed by atoms with Gasteiger partial charge >= 0.3 is 0 Å². The Morgan fingerprint density at radius 3 is 2.77 bits per heavy atom. The van der Waals surface area contributed by atoms with Gasteiger partial charge < -0.3 is 4.74 Å². The molecule has 1 atom stereocenters. The zero-order valence-corrected chi connectivity index (χ0v) is 10.0. The second kappa shape index (κ2) is 4.87. The molecule has 0 amide bonds. The van der Waals surface area contributed by atoms with E-state index in [9.17, 15) is 0 Å². The molecule has 0 heterocycles. The summed E-state index contributed by atoms with van der Waals surface area (Å²) in [5.41, 5.74) is 1.15. The molecule has 1 aromatic carbocycles. The lowest BCUT2D eigenvalue weighted by molar-refractivity contribution is 0.407. The Morgan fingerprint density at radius 1 is 1.54 bits per heavy atom. The number of hydrogen-bond acceptors (Lipinski definition) is 1. The van der Waals surface area contributed by atoms with Crippen LogP contribution < -0.4 is 4.74 Å². The van der Waals surface area contributed by atoms with Crippen molar-refractivity contribution >= 4 is 27.5 Å². The summed E-state index contributed by atoms with van der Waals surface area (Å²) >= 11 is 9.22. The summed E-state index contributed by atoms with van der Waals surface area (Å²) in [6.45, 7) is 2.08. The molecule has 0 spiro atoms. The Morgan fingerprint density at radius 2 is 2.23 bits per heavy atom. The van der Waals surface area contributed by atoms with E-state index in [1.807, 2.05) is 18.2 Å². The van der Waals surface area contributed by atoms with Crippen molar-refractivity contribution in [2.24, 2.45) is 0 Å². The summed E-state index contributed by atoms with van der Waals surface area (Å²) in [4.78, 5) is 0. The van der Waals surface area contributed by atoms with Gasteiger partial charge in [-0.1, -0.05) is 22.9 Å². The molecule has 0 aliphatic heterocycles. The summed E-state index contributed by atoms with van der Waals surface area (Å²) in [6.07, 6.45) is 0.